The number of nitrogens with zero attached hydrogens (tertiary/aromatic N) is 3. The molecule has 0 aromatic carbocycles. The average Bonchev–Trinajstić information content (AvgIpc) is 2.95. The van der Waals surface area contributed by atoms with Gasteiger partial charge >= 0.3 is 11.6 Å². The Balaban J connectivity index is 2.42. The molecule has 0 aliphatic carbocycles. The lowest BCUT2D eigenvalue weighted by Gasteiger charge is -2.11. The van der Waals surface area contributed by atoms with Crippen molar-refractivity contribution < 1.29 is 23.6 Å². The van der Waals surface area contributed by atoms with Crippen LogP contribution in [-0.4, -0.2) is 40.0 Å². The molecule has 1 rings (SSSR count). The van der Waals surface area contributed by atoms with E-state index in [0.717, 1.165) is 24.0 Å². The number of unbranched alkanes of at least 4 members (excludes halogenated alkanes) is 1. The van der Waals surface area contributed by atoms with Gasteiger partial charge in [-0.25, -0.2) is 0 Å². The summed E-state index contributed by atoms with van der Waals surface area (Å²) in [5, 5.41) is 0. The standard InChI is InChI=1S/C14H17N3O4/c1-10(18)13(16-15)14(20)17(2)12(19)8-4-3-6-11-7-5-9-21-11/h5,7,9H,3-4,6,8H2,1-2H3. The molecule has 0 bridgehead atoms. The molecule has 7 nitrogen and oxygen atoms in total. The Labute approximate surface area is 122 Å². The topological polar surface area (TPSA) is 104 Å². The van der Waals surface area contributed by atoms with Crippen LogP contribution in [0.1, 0.15) is 31.9 Å². The summed E-state index contributed by atoms with van der Waals surface area (Å²) in [5.74, 6) is -1.18. The summed E-state index contributed by atoms with van der Waals surface area (Å²) >= 11 is 0. The lowest BCUT2D eigenvalue weighted by molar-refractivity contribution is -0.142. The van der Waals surface area contributed by atoms with Crippen LogP contribution in [0, 0.1) is 0 Å². The quantitative estimate of drug-likeness (QED) is 0.248. The summed E-state index contributed by atoms with van der Waals surface area (Å²) in [6, 6.07) is 3.65. The lowest BCUT2D eigenvalue weighted by atomic mass is 10.1. The zero-order valence-electron chi connectivity index (χ0n) is 12.0. The minimum Gasteiger partial charge on any atom is -0.469 e. The van der Waals surface area contributed by atoms with E-state index >= 15 is 0 Å². The average molecular weight is 291 g/mol. The van der Waals surface area contributed by atoms with Gasteiger partial charge in [0.2, 0.25) is 11.7 Å². The number of carbonyl (C=O) groups excluding carboxylic acids is 3. The van der Waals surface area contributed by atoms with Gasteiger partial charge in [0.15, 0.2) is 0 Å². The van der Waals surface area contributed by atoms with E-state index in [1.807, 2.05) is 6.07 Å². The maximum absolute atomic E-state index is 11.8. The van der Waals surface area contributed by atoms with Gasteiger partial charge in [-0.1, -0.05) is 0 Å². The first-order valence-electron chi connectivity index (χ1n) is 6.53. The first-order valence-corrected chi connectivity index (χ1v) is 6.53. The fourth-order valence-corrected chi connectivity index (χ4v) is 1.73. The lowest BCUT2D eigenvalue weighted by Crippen LogP contribution is -2.41. The second kappa shape index (κ2) is 7.91. The Kier molecular flexibility index (Phi) is 6.23. The molecule has 0 radical (unpaired) electrons. The highest BCUT2D eigenvalue weighted by molar-refractivity contribution is 6.63. The fraction of sp³-hybridized carbons (Fsp3) is 0.429. The van der Waals surface area contributed by atoms with Gasteiger partial charge in [0.1, 0.15) is 5.76 Å². The Hall–Kier alpha value is -2.53. The van der Waals surface area contributed by atoms with Crippen LogP contribution in [0.25, 0.3) is 5.53 Å². The Morgan fingerprint density at radius 2 is 2.05 bits per heavy atom. The van der Waals surface area contributed by atoms with E-state index in [1.54, 1.807) is 12.3 Å². The molecule has 0 N–H and O–H groups in total. The van der Waals surface area contributed by atoms with Gasteiger partial charge in [0.25, 0.3) is 0 Å². The normalized spacial score (nSPS) is 9.81. The van der Waals surface area contributed by atoms with Crippen molar-refractivity contribution in [2.24, 2.45) is 0 Å². The summed E-state index contributed by atoms with van der Waals surface area (Å²) in [7, 11) is 1.26. The van der Waals surface area contributed by atoms with Gasteiger partial charge in [0.05, 0.1) is 6.26 Å². The zero-order chi connectivity index (χ0) is 15.8. The number of aryl methyl sites for hydroxylation is 1. The van der Waals surface area contributed by atoms with E-state index in [-0.39, 0.29) is 6.42 Å². The van der Waals surface area contributed by atoms with Crippen molar-refractivity contribution in [1.29, 1.82) is 0 Å². The second-order valence-electron chi connectivity index (χ2n) is 4.55. The number of hydrogen-bond acceptors (Lipinski definition) is 4. The molecule has 0 saturated heterocycles. The largest absolute Gasteiger partial charge is 0.469 e. The van der Waals surface area contributed by atoms with E-state index in [1.165, 1.54) is 7.05 Å². The van der Waals surface area contributed by atoms with Crippen molar-refractivity contribution in [1.82, 2.24) is 4.90 Å². The molecule has 1 heterocycles. The molecule has 0 fully saturated rings. The number of carbonyl (C=O) groups is 3. The van der Waals surface area contributed by atoms with Gasteiger partial charge < -0.3 is 9.95 Å². The molecular formula is C14H17N3O4. The molecule has 1 aromatic rings. The van der Waals surface area contributed by atoms with Crippen LogP contribution in [0.4, 0.5) is 0 Å². The minimum atomic E-state index is -0.902. The number of furan rings is 1. The number of rotatable bonds is 7. The van der Waals surface area contributed by atoms with Crippen molar-refractivity contribution in [3.05, 3.63) is 29.7 Å². The maximum atomic E-state index is 11.8. The number of hydrogen-bond donors (Lipinski definition) is 0. The monoisotopic (exact) mass is 291 g/mol. The van der Waals surface area contributed by atoms with Gasteiger partial charge in [0, 0.05) is 26.8 Å². The van der Waals surface area contributed by atoms with Crippen molar-refractivity contribution in [3.8, 4) is 0 Å². The van der Waals surface area contributed by atoms with E-state index in [4.69, 9.17) is 9.95 Å². The van der Waals surface area contributed by atoms with Crippen LogP contribution in [0.2, 0.25) is 0 Å². The van der Waals surface area contributed by atoms with Gasteiger partial charge in [-0.15, -0.1) is 0 Å². The molecule has 0 spiro atoms. The molecule has 2 amide bonds. The van der Waals surface area contributed by atoms with Crippen LogP contribution in [-0.2, 0) is 20.8 Å². The van der Waals surface area contributed by atoms with Crippen LogP contribution < -0.4 is 0 Å². The number of ketones is 1. The molecular weight excluding hydrogens is 274 g/mol. The highest BCUT2D eigenvalue weighted by Crippen LogP contribution is 2.08. The predicted octanol–water partition coefficient (Wildman–Crippen LogP) is 1.24. The molecule has 0 aliphatic heterocycles. The van der Waals surface area contributed by atoms with E-state index in [0.29, 0.717) is 12.8 Å². The molecule has 1 aromatic heterocycles. The first-order chi connectivity index (χ1) is 9.97. The van der Waals surface area contributed by atoms with Gasteiger partial charge in [-0.2, -0.15) is 4.79 Å². The highest BCUT2D eigenvalue weighted by atomic mass is 16.3. The third-order valence-corrected chi connectivity index (χ3v) is 2.96. The van der Waals surface area contributed by atoms with Crippen molar-refractivity contribution in [2.75, 3.05) is 7.05 Å². The van der Waals surface area contributed by atoms with Gasteiger partial charge in [-0.3, -0.25) is 19.3 Å². The summed E-state index contributed by atoms with van der Waals surface area (Å²) in [5.41, 5.74) is 7.96. The SMILES string of the molecule is CC(=O)C(=[N+]=[N-])C(=O)N(C)C(=O)CCCCc1ccco1. The van der Waals surface area contributed by atoms with E-state index in [2.05, 4.69) is 4.79 Å². The van der Waals surface area contributed by atoms with E-state index < -0.39 is 23.3 Å². The summed E-state index contributed by atoms with van der Waals surface area (Å²) < 4.78 is 5.17. The van der Waals surface area contributed by atoms with Crippen molar-refractivity contribution >= 4 is 23.3 Å². The smallest absolute Gasteiger partial charge is 0.421 e. The Bertz CT molecular complexity index is 571. The Morgan fingerprint density at radius 3 is 2.57 bits per heavy atom. The third kappa shape index (κ3) is 4.81. The minimum absolute atomic E-state index is 0.166. The number of amides is 2. The molecule has 7 heteroatoms. The van der Waals surface area contributed by atoms with Crippen molar-refractivity contribution in [2.45, 2.75) is 32.6 Å². The number of Topliss-reactive ketones (excluding diaryl/α,β-unsaturated/α-hetero) is 1. The maximum Gasteiger partial charge on any atom is 0.421 e. The van der Waals surface area contributed by atoms with Crippen LogP contribution in [0.3, 0.4) is 0 Å². The first kappa shape index (κ1) is 16.5. The van der Waals surface area contributed by atoms with Gasteiger partial charge in [-0.05, 0) is 25.0 Å². The predicted molar refractivity (Wildman–Crippen MR) is 73.3 cm³/mol. The van der Waals surface area contributed by atoms with Crippen LogP contribution >= 0.6 is 0 Å². The molecule has 112 valence electrons. The molecule has 21 heavy (non-hydrogen) atoms. The van der Waals surface area contributed by atoms with Crippen LogP contribution in [0.15, 0.2) is 22.8 Å². The zero-order valence-corrected chi connectivity index (χ0v) is 12.0. The van der Waals surface area contributed by atoms with Crippen LogP contribution in [0.5, 0.6) is 0 Å². The molecule has 0 unspecified atom stereocenters. The summed E-state index contributed by atoms with van der Waals surface area (Å²) in [6.07, 6.45) is 3.80. The molecule has 0 aliphatic rings. The summed E-state index contributed by atoms with van der Waals surface area (Å²) in [6.45, 7) is 1.09. The number of imide groups is 1. The second-order valence-corrected chi connectivity index (χ2v) is 4.55. The molecule has 0 atom stereocenters. The summed E-state index contributed by atoms with van der Waals surface area (Å²) in [4.78, 5) is 38.1. The fourth-order valence-electron chi connectivity index (χ4n) is 1.73. The van der Waals surface area contributed by atoms with Crippen molar-refractivity contribution in [3.63, 3.8) is 0 Å². The highest BCUT2D eigenvalue weighted by Gasteiger charge is 2.31. The molecule has 0 saturated carbocycles. The van der Waals surface area contributed by atoms with E-state index in [9.17, 15) is 14.4 Å². The third-order valence-electron chi connectivity index (χ3n) is 2.96. The Morgan fingerprint density at radius 1 is 1.33 bits per heavy atom.